The number of nitrogens with one attached hydrogen (secondary N) is 3. The van der Waals surface area contributed by atoms with E-state index >= 15 is 0 Å². The highest BCUT2D eigenvalue weighted by molar-refractivity contribution is 5.94. The molecule has 2 heterocycles. The van der Waals surface area contributed by atoms with Gasteiger partial charge in [-0.3, -0.25) is 10.2 Å². The third kappa shape index (κ3) is 4.45. The highest BCUT2D eigenvalue weighted by atomic mass is 19.1. The number of aromatic nitrogens is 2. The van der Waals surface area contributed by atoms with E-state index in [9.17, 15) is 9.18 Å². The number of fused-ring (bicyclic) bond motifs is 1. The molecule has 1 aliphatic rings. The number of carbonyl (C=O) groups excluding carboxylic acids is 1. The third-order valence-corrected chi connectivity index (χ3v) is 6.03. The van der Waals surface area contributed by atoms with Gasteiger partial charge in [-0.1, -0.05) is 17.4 Å². The van der Waals surface area contributed by atoms with Crippen LogP contribution in [-0.4, -0.2) is 46.6 Å². The molecule has 3 aromatic carbocycles. The summed E-state index contributed by atoms with van der Waals surface area (Å²) < 4.78 is 14.4. The molecule has 1 fully saturated rings. The Morgan fingerprint density at radius 1 is 0.943 bits per heavy atom. The molecule has 0 saturated carbocycles. The Morgan fingerprint density at radius 2 is 1.63 bits per heavy atom. The summed E-state index contributed by atoms with van der Waals surface area (Å²) in [6.45, 7) is 2.52. The maximum Gasteiger partial charge on any atom is 0.253 e. The first kappa shape index (κ1) is 22.2. The van der Waals surface area contributed by atoms with Gasteiger partial charge >= 0.3 is 0 Å². The van der Waals surface area contributed by atoms with E-state index in [-0.39, 0.29) is 23.0 Å². The summed E-state index contributed by atoms with van der Waals surface area (Å²) in [5.74, 6) is -0.0525. The maximum atomic E-state index is 13.2. The van der Waals surface area contributed by atoms with Crippen molar-refractivity contribution in [2.24, 2.45) is 5.22 Å². The monoisotopic (exact) mass is 470 g/mol. The molecule has 35 heavy (non-hydrogen) atoms. The van der Waals surface area contributed by atoms with Crippen LogP contribution in [0.4, 0.5) is 21.6 Å². The minimum Gasteiger partial charge on any atom is -0.368 e. The quantitative estimate of drug-likeness (QED) is 0.380. The standard InChI is InChI=1S/C25H23FN8O/c26-18-7-11-20(12-8-18)32-13-15-33(16-14-32)25(35)17-5-9-19(10-6-17)29-24-23(27)34(31-28)22-4-2-1-3-21(22)30-24/h1-12,27-28H,13-16H2,(H,29,30). The van der Waals surface area contributed by atoms with Crippen LogP contribution in [0.25, 0.3) is 11.0 Å². The summed E-state index contributed by atoms with van der Waals surface area (Å²) >= 11 is 0. The predicted molar refractivity (Wildman–Crippen MR) is 130 cm³/mol. The minimum atomic E-state index is -0.263. The summed E-state index contributed by atoms with van der Waals surface area (Å²) in [7, 11) is 0. The van der Waals surface area contributed by atoms with Crippen molar-refractivity contribution >= 4 is 34.1 Å². The molecule has 1 aliphatic heterocycles. The van der Waals surface area contributed by atoms with Crippen molar-refractivity contribution in [2.45, 2.75) is 0 Å². The molecular formula is C25H23FN8O. The fraction of sp³-hybridized carbons (Fsp3) is 0.160. The topological polar surface area (TPSA) is 113 Å². The van der Waals surface area contributed by atoms with E-state index in [0.29, 0.717) is 48.5 Å². The lowest BCUT2D eigenvalue weighted by Gasteiger charge is -2.36. The number of amides is 1. The van der Waals surface area contributed by atoms with Crippen molar-refractivity contribution in [3.05, 3.63) is 89.7 Å². The lowest BCUT2D eigenvalue weighted by atomic mass is 10.1. The second-order valence-electron chi connectivity index (χ2n) is 8.17. The van der Waals surface area contributed by atoms with Crippen LogP contribution in [-0.2, 0) is 0 Å². The van der Waals surface area contributed by atoms with Gasteiger partial charge in [-0.15, -0.1) is 0 Å². The fourth-order valence-electron chi connectivity index (χ4n) is 4.16. The zero-order valence-electron chi connectivity index (χ0n) is 18.8. The highest BCUT2D eigenvalue weighted by Crippen LogP contribution is 2.20. The van der Waals surface area contributed by atoms with Gasteiger partial charge in [0, 0.05) is 43.1 Å². The van der Waals surface area contributed by atoms with Crippen LogP contribution in [0.15, 0.2) is 78.0 Å². The molecule has 3 N–H and O–H groups in total. The lowest BCUT2D eigenvalue weighted by molar-refractivity contribution is 0.0747. The van der Waals surface area contributed by atoms with Gasteiger partial charge in [0.15, 0.2) is 11.3 Å². The number of hydrogen-bond acceptors (Lipinski definition) is 7. The van der Waals surface area contributed by atoms with Crippen molar-refractivity contribution in [1.29, 1.82) is 10.9 Å². The van der Waals surface area contributed by atoms with Gasteiger partial charge in [0.2, 0.25) is 0 Å². The number of para-hydroxylation sites is 2. The Hall–Kier alpha value is -4.60. The van der Waals surface area contributed by atoms with E-state index in [1.54, 1.807) is 54.6 Å². The van der Waals surface area contributed by atoms with Crippen LogP contribution in [0, 0.1) is 16.8 Å². The van der Waals surface area contributed by atoms with E-state index in [1.807, 2.05) is 11.0 Å². The lowest BCUT2D eigenvalue weighted by Crippen LogP contribution is -2.48. The molecule has 1 amide bonds. The Kier molecular flexibility index (Phi) is 5.92. The molecule has 10 heteroatoms. The molecule has 0 atom stereocenters. The van der Waals surface area contributed by atoms with Crippen molar-refractivity contribution < 1.29 is 9.18 Å². The number of anilines is 3. The van der Waals surface area contributed by atoms with E-state index in [0.717, 1.165) is 5.69 Å². The summed E-state index contributed by atoms with van der Waals surface area (Å²) in [5, 5.41) is 14.9. The van der Waals surface area contributed by atoms with Gasteiger partial charge < -0.3 is 15.1 Å². The number of rotatable bonds is 5. The van der Waals surface area contributed by atoms with Gasteiger partial charge in [-0.2, -0.15) is 10.2 Å². The van der Waals surface area contributed by atoms with Crippen LogP contribution < -0.4 is 15.7 Å². The molecule has 1 aromatic heterocycles. The number of halogens is 1. The third-order valence-electron chi connectivity index (χ3n) is 6.03. The zero-order chi connectivity index (χ0) is 24.4. The van der Waals surface area contributed by atoms with E-state index < -0.39 is 0 Å². The SMILES string of the molecule is N=Nn1c(=N)c(Nc2ccc(C(=O)N3CCN(c4ccc(F)cc4)CC3)cc2)nc2ccccc21. The van der Waals surface area contributed by atoms with Crippen molar-refractivity contribution in [1.82, 2.24) is 14.6 Å². The second-order valence-corrected chi connectivity index (χ2v) is 8.17. The van der Waals surface area contributed by atoms with Crippen molar-refractivity contribution in [3.63, 3.8) is 0 Å². The minimum absolute atomic E-state index is 0.0436. The van der Waals surface area contributed by atoms with Gasteiger partial charge in [0.1, 0.15) is 5.82 Å². The number of hydrogen-bond donors (Lipinski definition) is 3. The van der Waals surface area contributed by atoms with Crippen LogP contribution >= 0.6 is 0 Å². The van der Waals surface area contributed by atoms with Gasteiger partial charge in [-0.05, 0) is 60.7 Å². The molecule has 5 rings (SSSR count). The first-order valence-electron chi connectivity index (χ1n) is 11.1. The molecule has 176 valence electrons. The molecular weight excluding hydrogens is 447 g/mol. The predicted octanol–water partition coefficient (Wildman–Crippen LogP) is 4.15. The van der Waals surface area contributed by atoms with E-state index in [4.69, 9.17) is 10.9 Å². The molecule has 4 aromatic rings. The molecule has 9 nitrogen and oxygen atoms in total. The summed E-state index contributed by atoms with van der Waals surface area (Å²) in [6.07, 6.45) is 0. The van der Waals surface area contributed by atoms with E-state index in [1.165, 1.54) is 16.8 Å². The number of benzene rings is 3. The number of carbonyl (C=O) groups is 1. The van der Waals surface area contributed by atoms with Crippen LogP contribution in [0.1, 0.15) is 10.4 Å². The van der Waals surface area contributed by atoms with Crippen LogP contribution in [0.3, 0.4) is 0 Å². The molecule has 0 spiro atoms. The Bertz CT molecular complexity index is 1440. The Morgan fingerprint density at radius 3 is 2.31 bits per heavy atom. The first-order chi connectivity index (χ1) is 17.0. The average Bonchev–Trinajstić information content (AvgIpc) is 2.90. The molecule has 0 bridgehead atoms. The smallest absolute Gasteiger partial charge is 0.253 e. The molecule has 1 saturated heterocycles. The first-order valence-corrected chi connectivity index (χ1v) is 11.1. The summed E-state index contributed by atoms with van der Waals surface area (Å²) in [6, 6.07) is 20.6. The van der Waals surface area contributed by atoms with Crippen molar-refractivity contribution in [3.8, 4) is 0 Å². The summed E-state index contributed by atoms with van der Waals surface area (Å²) in [4.78, 5) is 21.4. The van der Waals surface area contributed by atoms with Crippen LogP contribution in [0.2, 0.25) is 0 Å². The van der Waals surface area contributed by atoms with Crippen molar-refractivity contribution in [2.75, 3.05) is 36.4 Å². The normalized spacial score (nSPS) is 13.6. The summed E-state index contributed by atoms with van der Waals surface area (Å²) in [5.41, 5.74) is 10.7. The van der Waals surface area contributed by atoms with Crippen LogP contribution in [0.5, 0.6) is 0 Å². The maximum absolute atomic E-state index is 13.2. The molecule has 0 radical (unpaired) electrons. The fourth-order valence-corrected chi connectivity index (χ4v) is 4.16. The number of piperazine rings is 1. The van der Waals surface area contributed by atoms with Gasteiger partial charge in [-0.25, -0.2) is 9.37 Å². The largest absolute Gasteiger partial charge is 0.368 e. The zero-order valence-corrected chi connectivity index (χ0v) is 18.8. The molecule has 0 aliphatic carbocycles. The van der Waals surface area contributed by atoms with Gasteiger partial charge in [0.05, 0.1) is 11.0 Å². The second kappa shape index (κ2) is 9.34. The van der Waals surface area contributed by atoms with Gasteiger partial charge in [0.25, 0.3) is 5.91 Å². The average molecular weight is 471 g/mol. The molecule has 0 unspecified atom stereocenters. The Balaban J connectivity index is 1.27. The highest BCUT2D eigenvalue weighted by Gasteiger charge is 2.22. The van der Waals surface area contributed by atoms with E-state index in [2.05, 4.69) is 20.4 Å². The number of nitrogens with zero attached hydrogens (tertiary/aromatic N) is 5. The Labute approximate surface area is 200 Å².